The molecule has 0 spiro atoms. The van der Waals surface area contributed by atoms with Crippen molar-refractivity contribution in [2.45, 2.75) is 51.9 Å². The van der Waals surface area contributed by atoms with Crippen LogP contribution < -0.4 is 4.98 Å². The van der Waals surface area contributed by atoms with Gasteiger partial charge < -0.3 is 10.1 Å². The van der Waals surface area contributed by atoms with E-state index in [9.17, 15) is 9.90 Å². The van der Waals surface area contributed by atoms with Crippen LogP contribution in [0.3, 0.4) is 0 Å². The molecule has 2 heterocycles. The van der Waals surface area contributed by atoms with E-state index in [0.29, 0.717) is 10.8 Å². The summed E-state index contributed by atoms with van der Waals surface area (Å²) in [4.78, 5) is 16.3. The van der Waals surface area contributed by atoms with Gasteiger partial charge in [-0.25, -0.2) is 4.79 Å². The van der Waals surface area contributed by atoms with Crippen molar-refractivity contribution in [1.82, 2.24) is 4.98 Å². The summed E-state index contributed by atoms with van der Waals surface area (Å²) in [5.74, 6) is -0.244. The maximum atomic E-state index is 11.2. The van der Waals surface area contributed by atoms with E-state index in [1.807, 2.05) is 6.92 Å². The SMILES string of the molecule is Cc1[n-]c2c(C)c(C(=O)O)sc2c1C1CCCCC1.[U]. The van der Waals surface area contributed by atoms with Gasteiger partial charge in [0.25, 0.3) is 0 Å². The Morgan fingerprint density at radius 3 is 2.50 bits per heavy atom. The van der Waals surface area contributed by atoms with Crippen LogP contribution in [0.5, 0.6) is 0 Å². The predicted molar refractivity (Wildman–Crippen MR) is 77.4 cm³/mol. The number of carboxylic acids is 1. The summed E-state index contributed by atoms with van der Waals surface area (Å²) in [5, 5.41) is 9.24. The number of rotatable bonds is 2. The van der Waals surface area contributed by atoms with E-state index in [1.165, 1.54) is 49.0 Å². The molecule has 20 heavy (non-hydrogen) atoms. The second-order valence-corrected chi connectivity index (χ2v) is 6.51. The van der Waals surface area contributed by atoms with Crippen molar-refractivity contribution in [2.24, 2.45) is 0 Å². The molecular formula is C15H18NO2SU-. The monoisotopic (exact) mass is 514 g/mol. The van der Waals surface area contributed by atoms with Crippen molar-refractivity contribution < 1.29 is 41.0 Å². The van der Waals surface area contributed by atoms with Crippen LogP contribution in [0.1, 0.15) is 64.5 Å². The average Bonchev–Trinajstić information content (AvgIpc) is 2.87. The predicted octanol–water partition coefficient (Wildman–Crippen LogP) is 4.22. The van der Waals surface area contributed by atoms with E-state index in [-0.39, 0.29) is 31.1 Å². The van der Waals surface area contributed by atoms with Crippen molar-refractivity contribution in [3.05, 3.63) is 21.7 Å². The number of hydrogen-bond acceptors (Lipinski definition) is 2. The van der Waals surface area contributed by atoms with Crippen LogP contribution >= 0.6 is 11.3 Å². The number of carboxylic acid groups (broad SMARTS) is 1. The third-order valence-electron chi connectivity index (χ3n) is 4.24. The molecule has 2 aromatic rings. The van der Waals surface area contributed by atoms with Crippen LogP contribution in [0, 0.1) is 45.0 Å². The van der Waals surface area contributed by atoms with Gasteiger partial charge in [0.15, 0.2) is 0 Å². The Balaban J connectivity index is 0.00000147. The minimum atomic E-state index is -0.826. The number of thiophene rings is 1. The Kier molecular flexibility index (Phi) is 5.05. The van der Waals surface area contributed by atoms with Gasteiger partial charge in [0.1, 0.15) is 4.88 Å². The fraction of sp³-hybridized carbons (Fsp3) is 0.533. The van der Waals surface area contributed by atoms with Crippen molar-refractivity contribution in [3.8, 4) is 0 Å². The number of aromatic carboxylic acids is 1. The Morgan fingerprint density at radius 2 is 1.90 bits per heavy atom. The first kappa shape index (κ1) is 16.1. The Hall–Kier alpha value is -0.238. The van der Waals surface area contributed by atoms with E-state index in [4.69, 9.17) is 0 Å². The molecule has 0 unspecified atom stereocenters. The molecule has 0 aromatic carbocycles. The molecule has 3 nitrogen and oxygen atoms in total. The van der Waals surface area contributed by atoms with Gasteiger partial charge in [-0.15, -0.1) is 16.9 Å². The van der Waals surface area contributed by atoms with Gasteiger partial charge in [0.2, 0.25) is 0 Å². The first-order chi connectivity index (χ1) is 9.09. The summed E-state index contributed by atoms with van der Waals surface area (Å²) in [6, 6.07) is 0. The van der Waals surface area contributed by atoms with Crippen molar-refractivity contribution in [3.63, 3.8) is 0 Å². The number of hydrogen-bond donors (Lipinski definition) is 1. The van der Waals surface area contributed by atoms with Gasteiger partial charge in [0, 0.05) is 35.8 Å². The van der Waals surface area contributed by atoms with Crippen LogP contribution in [-0.4, -0.2) is 11.1 Å². The van der Waals surface area contributed by atoms with Crippen LogP contribution in [-0.2, 0) is 0 Å². The summed E-state index contributed by atoms with van der Waals surface area (Å²) in [6.45, 7) is 3.94. The van der Waals surface area contributed by atoms with E-state index < -0.39 is 5.97 Å². The normalized spacial score (nSPS) is 16.3. The molecule has 1 saturated carbocycles. The van der Waals surface area contributed by atoms with Gasteiger partial charge in [-0.3, -0.25) is 0 Å². The number of aromatic nitrogens is 1. The third kappa shape index (κ3) is 2.61. The number of fused-ring (bicyclic) bond motifs is 1. The smallest absolute Gasteiger partial charge is 0.346 e. The first-order valence-electron chi connectivity index (χ1n) is 6.89. The largest absolute Gasteiger partial charge is 0.660 e. The number of nitrogens with zero attached hydrogens (tertiary/aromatic N) is 1. The minimum absolute atomic E-state index is 0. The second kappa shape index (κ2) is 6.26. The maximum absolute atomic E-state index is 11.2. The fourth-order valence-corrected chi connectivity index (χ4v) is 4.55. The summed E-state index contributed by atoms with van der Waals surface area (Å²) in [6.07, 6.45) is 6.35. The van der Waals surface area contributed by atoms with Crippen LogP contribution in [0.4, 0.5) is 0 Å². The summed E-state index contributed by atoms with van der Waals surface area (Å²) < 4.78 is 1.12. The molecule has 1 aliphatic rings. The molecular weight excluding hydrogens is 496 g/mol. The van der Waals surface area contributed by atoms with Gasteiger partial charge in [-0.1, -0.05) is 26.2 Å². The Morgan fingerprint density at radius 1 is 1.25 bits per heavy atom. The quantitative estimate of drug-likeness (QED) is 0.653. The van der Waals surface area contributed by atoms with Crippen LogP contribution in [0.2, 0.25) is 0 Å². The number of carbonyl (C=O) groups is 1. The summed E-state index contributed by atoms with van der Waals surface area (Å²) >= 11 is 1.41. The zero-order valence-corrected chi connectivity index (χ0v) is 16.8. The maximum Gasteiger partial charge on any atom is 0.346 e. The van der Waals surface area contributed by atoms with Gasteiger partial charge in [-0.05, 0) is 36.8 Å². The molecule has 0 radical (unpaired) electrons. The summed E-state index contributed by atoms with van der Waals surface area (Å²) in [5.41, 5.74) is 4.18. The Bertz CT molecular complexity index is 638. The number of aryl methyl sites for hydroxylation is 2. The molecule has 0 atom stereocenters. The van der Waals surface area contributed by atoms with Crippen LogP contribution in [0.25, 0.3) is 10.2 Å². The molecule has 3 rings (SSSR count). The Labute approximate surface area is 146 Å². The summed E-state index contributed by atoms with van der Waals surface area (Å²) in [7, 11) is 0. The molecule has 0 aliphatic heterocycles. The van der Waals surface area contributed by atoms with Gasteiger partial charge >= 0.3 is 5.97 Å². The molecule has 1 N–H and O–H groups in total. The van der Waals surface area contributed by atoms with E-state index in [2.05, 4.69) is 11.9 Å². The molecule has 1 aliphatic carbocycles. The fourth-order valence-electron chi connectivity index (χ4n) is 3.29. The van der Waals surface area contributed by atoms with E-state index in [1.54, 1.807) is 0 Å². The third-order valence-corrected chi connectivity index (χ3v) is 5.54. The molecule has 0 saturated heterocycles. The van der Waals surface area contributed by atoms with Gasteiger partial charge in [-0.2, -0.15) is 5.69 Å². The first-order valence-corrected chi connectivity index (χ1v) is 7.70. The van der Waals surface area contributed by atoms with Crippen LogP contribution in [0.15, 0.2) is 0 Å². The average molecular weight is 514 g/mol. The zero-order valence-electron chi connectivity index (χ0n) is 11.8. The molecule has 2 aromatic heterocycles. The van der Waals surface area contributed by atoms with Crippen molar-refractivity contribution in [1.29, 1.82) is 0 Å². The standard InChI is InChI=1S/C15H18NO2S.U/c1-8-12-14(19-13(8)15(17)18)11(9(2)16-12)10-6-4-3-5-7-10;/h10H,3-7H2,1-2H3,(H,17,18);/q-1;. The van der Waals surface area contributed by atoms with Crippen molar-refractivity contribution >= 4 is 27.5 Å². The minimum Gasteiger partial charge on any atom is -0.660 e. The molecule has 106 valence electrons. The molecule has 5 heteroatoms. The zero-order chi connectivity index (χ0) is 13.6. The molecule has 0 amide bonds. The van der Waals surface area contributed by atoms with E-state index in [0.717, 1.165) is 21.5 Å². The van der Waals surface area contributed by atoms with E-state index >= 15 is 0 Å². The van der Waals surface area contributed by atoms with Crippen molar-refractivity contribution in [2.75, 3.05) is 0 Å². The molecule has 1 fully saturated rings. The van der Waals surface area contributed by atoms with Gasteiger partial charge in [0.05, 0.1) is 0 Å². The topological polar surface area (TPSA) is 51.4 Å². The molecule has 0 bridgehead atoms. The second-order valence-electron chi connectivity index (χ2n) is 5.48.